The minimum atomic E-state index is 0.204. The highest BCUT2D eigenvalue weighted by molar-refractivity contribution is 5.78. The molecule has 1 saturated heterocycles. The number of benzene rings is 1. The number of carbonyl (C=O) groups excluding carboxylic acids is 1. The minimum absolute atomic E-state index is 0.204. The highest BCUT2D eigenvalue weighted by Gasteiger charge is 2.29. The van der Waals surface area contributed by atoms with Gasteiger partial charge in [0, 0.05) is 37.9 Å². The Bertz CT molecular complexity index is 580. The number of carbonyl (C=O) groups is 1. The minimum Gasteiger partial charge on any atom is -0.369 e. The van der Waals surface area contributed by atoms with Gasteiger partial charge in [-0.25, -0.2) is 0 Å². The van der Waals surface area contributed by atoms with Crippen molar-refractivity contribution in [1.82, 2.24) is 10.2 Å². The molecule has 1 heterocycles. The summed E-state index contributed by atoms with van der Waals surface area (Å²) in [4.78, 5) is 17.2. The van der Waals surface area contributed by atoms with Crippen molar-refractivity contribution < 1.29 is 4.79 Å². The molecule has 138 valence electrons. The molecule has 4 nitrogen and oxygen atoms in total. The number of amides is 1. The standard InChI is InChI=1S/C21H33N3O/c1-16-8-6-9-19(18(16)3)22-21(25)15-23-11-13-24(14-12-23)20-10-5-4-7-17(20)2/h4-5,7,10,16,18-19H,6,8-9,11-15H2,1-3H3,(H,22,25)/t16-,18-,19-/m0/s1. The normalized spacial score (nSPS) is 28.0. The first-order valence-corrected chi connectivity index (χ1v) is 9.87. The second-order valence-electron chi connectivity index (χ2n) is 7.99. The molecule has 1 aromatic rings. The van der Waals surface area contributed by atoms with E-state index in [9.17, 15) is 4.79 Å². The summed E-state index contributed by atoms with van der Waals surface area (Å²) >= 11 is 0. The largest absolute Gasteiger partial charge is 0.369 e. The topological polar surface area (TPSA) is 35.6 Å². The Morgan fingerprint density at radius 3 is 2.56 bits per heavy atom. The molecule has 4 heteroatoms. The summed E-state index contributed by atoms with van der Waals surface area (Å²) in [6, 6.07) is 8.93. The van der Waals surface area contributed by atoms with Gasteiger partial charge in [0.05, 0.1) is 6.54 Å². The van der Waals surface area contributed by atoms with E-state index in [0.29, 0.717) is 18.5 Å². The molecule has 1 N–H and O–H groups in total. The Kier molecular flexibility index (Phi) is 6.00. The van der Waals surface area contributed by atoms with E-state index in [1.807, 2.05) is 0 Å². The predicted octanol–water partition coefficient (Wildman–Crippen LogP) is 3.06. The van der Waals surface area contributed by atoms with E-state index >= 15 is 0 Å². The number of aryl methyl sites for hydroxylation is 1. The van der Waals surface area contributed by atoms with E-state index < -0.39 is 0 Å². The molecular formula is C21H33N3O. The van der Waals surface area contributed by atoms with Crippen LogP contribution in [-0.2, 0) is 4.79 Å². The van der Waals surface area contributed by atoms with Gasteiger partial charge in [-0.15, -0.1) is 0 Å². The molecule has 3 rings (SSSR count). The van der Waals surface area contributed by atoms with Gasteiger partial charge in [0.1, 0.15) is 0 Å². The first kappa shape index (κ1) is 18.2. The quantitative estimate of drug-likeness (QED) is 0.913. The van der Waals surface area contributed by atoms with E-state index in [0.717, 1.165) is 38.5 Å². The highest BCUT2D eigenvalue weighted by Crippen LogP contribution is 2.29. The predicted molar refractivity (Wildman–Crippen MR) is 104 cm³/mol. The average Bonchev–Trinajstić information content (AvgIpc) is 2.60. The molecule has 0 bridgehead atoms. The third kappa shape index (κ3) is 4.55. The molecule has 2 fully saturated rings. The van der Waals surface area contributed by atoms with Gasteiger partial charge in [0.25, 0.3) is 0 Å². The van der Waals surface area contributed by atoms with Crippen LogP contribution in [0, 0.1) is 18.8 Å². The Balaban J connectivity index is 1.46. The smallest absolute Gasteiger partial charge is 0.234 e. The lowest BCUT2D eigenvalue weighted by atomic mass is 9.78. The molecule has 3 atom stereocenters. The van der Waals surface area contributed by atoms with Gasteiger partial charge in [0.2, 0.25) is 5.91 Å². The third-order valence-corrected chi connectivity index (χ3v) is 6.25. The van der Waals surface area contributed by atoms with Crippen LogP contribution in [-0.4, -0.2) is 49.6 Å². The fraction of sp³-hybridized carbons (Fsp3) is 0.667. The molecule has 1 aliphatic carbocycles. The number of hydrogen-bond acceptors (Lipinski definition) is 3. The van der Waals surface area contributed by atoms with E-state index in [1.54, 1.807) is 0 Å². The zero-order valence-corrected chi connectivity index (χ0v) is 16.0. The van der Waals surface area contributed by atoms with Crippen molar-refractivity contribution in [2.45, 2.75) is 46.1 Å². The van der Waals surface area contributed by atoms with Gasteiger partial charge >= 0.3 is 0 Å². The van der Waals surface area contributed by atoms with Crippen LogP contribution >= 0.6 is 0 Å². The molecule has 1 saturated carbocycles. The number of para-hydroxylation sites is 1. The SMILES string of the molecule is Cc1ccccc1N1CCN(CC(=O)N[C@H]2CCC[C@H](C)[C@@H]2C)CC1. The Morgan fingerprint density at radius 2 is 1.84 bits per heavy atom. The number of hydrogen-bond donors (Lipinski definition) is 1. The van der Waals surface area contributed by atoms with Crippen LogP contribution in [0.3, 0.4) is 0 Å². The first-order valence-electron chi connectivity index (χ1n) is 9.87. The van der Waals surface area contributed by atoms with Crippen LogP contribution in [0.25, 0.3) is 0 Å². The zero-order valence-electron chi connectivity index (χ0n) is 16.0. The summed E-state index contributed by atoms with van der Waals surface area (Å²) in [6.45, 7) is 11.2. The number of rotatable bonds is 4. The summed E-state index contributed by atoms with van der Waals surface area (Å²) in [5.74, 6) is 1.52. The van der Waals surface area contributed by atoms with Gasteiger partial charge in [-0.2, -0.15) is 0 Å². The molecule has 25 heavy (non-hydrogen) atoms. The fourth-order valence-electron chi connectivity index (χ4n) is 4.31. The second-order valence-corrected chi connectivity index (χ2v) is 7.99. The van der Waals surface area contributed by atoms with Gasteiger partial charge in [0.15, 0.2) is 0 Å². The lowest BCUT2D eigenvalue weighted by Gasteiger charge is -2.38. The first-order chi connectivity index (χ1) is 12.0. The lowest BCUT2D eigenvalue weighted by Crippen LogP contribution is -2.52. The molecule has 0 radical (unpaired) electrons. The third-order valence-electron chi connectivity index (χ3n) is 6.25. The van der Waals surface area contributed by atoms with E-state index in [4.69, 9.17) is 0 Å². The van der Waals surface area contributed by atoms with Crippen molar-refractivity contribution in [3.8, 4) is 0 Å². The second kappa shape index (κ2) is 8.22. The van der Waals surface area contributed by atoms with Crippen LogP contribution in [0.1, 0.15) is 38.7 Å². The van der Waals surface area contributed by atoms with Crippen molar-refractivity contribution in [1.29, 1.82) is 0 Å². The summed E-state index contributed by atoms with van der Waals surface area (Å²) in [5.41, 5.74) is 2.66. The molecule has 0 spiro atoms. The monoisotopic (exact) mass is 343 g/mol. The van der Waals surface area contributed by atoms with Gasteiger partial charge in [-0.1, -0.05) is 44.9 Å². The summed E-state index contributed by atoms with van der Waals surface area (Å²) in [7, 11) is 0. The van der Waals surface area contributed by atoms with Crippen molar-refractivity contribution in [2.75, 3.05) is 37.6 Å². The van der Waals surface area contributed by atoms with Crippen LogP contribution in [0.4, 0.5) is 5.69 Å². The summed E-state index contributed by atoms with van der Waals surface area (Å²) < 4.78 is 0. The van der Waals surface area contributed by atoms with Crippen LogP contribution in [0.15, 0.2) is 24.3 Å². The zero-order chi connectivity index (χ0) is 17.8. The lowest BCUT2D eigenvalue weighted by molar-refractivity contribution is -0.123. The Hall–Kier alpha value is -1.55. The van der Waals surface area contributed by atoms with Crippen molar-refractivity contribution in [3.05, 3.63) is 29.8 Å². The fourth-order valence-corrected chi connectivity index (χ4v) is 4.31. The van der Waals surface area contributed by atoms with Gasteiger partial charge in [-0.05, 0) is 36.8 Å². The van der Waals surface area contributed by atoms with Crippen molar-refractivity contribution in [3.63, 3.8) is 0 Å². The molecular weight excluding hydrogens is 310 g/mol. The molecule has 0 aromatic heterocycles. The molecule has 1 aromatic carbocycles. The van der Waals surface area contributed by atoms with Crippen molar-refractivity contribution >= 4 is 11.6 Å². The summed E-state index contributed by atoms with van der Waals surface area (Å²) in [6.07, 6.45) is 3.68. The molecule has 2 aliphatic rings. The number of nitrogens with one attached hydrogen (secondary N) is 1. The Labute approximate surface area is 152 Å². The molecule has 1 aliphatic heterocycles. The maximum absolute atomic E-state index is 12.5. The Morgan fingerprint density at radius 1 is 1.12 bits per heavy atom. The molecule has 0 unspecified atom stereocenters. The van der Waals surface area contributed by atoms with E-state index in [2.05, 4.69) is 60.2 Å². The average molecular weight is 344 g/mol. The van der Waals surface area contributed by atoms with Gasteiger partial charge in [-0.3, -0.25) is 9.69 Å². The van der Waals surface area contributed by atoms with E-state index in [1.165, 1.54) is 24.1 Å². The maximum atomic E-state index is 12.5. The van der Waals surface area contributed by atoms with Crippen LogP contribution < -0.4 is 10.2 Å². The van der Waals surface area contributed by atoms with Crippen LogP contribution in [0.5, 0.6) is 0 Å². The van der Waals surface area contributed by atoms with Gasteiger partial charge < -0.3 is 10.2 Å². The highest BCUT2D eigenvalue weighted by atomic mass is 16.2. The number of anilines is 1. The van der Waals surface area contributed by atoms with E-state index in [-0.39, 0.29) is 5.91 Å². The number of piperazine rings is 1. The van der Waals surface area contributed by atoms with Crippen molar-refractivity contribution in [2.24, 2.45) is 11.8 Å². The maximum Gasteiger partial charge on any atom is 0.234 e. The van der Waals surface area contributed by atoms with Crippen LogP contribution in [0.2, 0.25) is 0 Å². The number of nitrogens with zero attached hydrogens (tertiary/aromatic N) is 2. The summed E-state index contributed by atoms with van der Waals surface area (Å²) in [5, 5.41) is 3.30. The molecule has 1 amide bonds.